The van der Waals surface area contributed by atoms with Gasteiger partial charge in [0.15, 0.2) is 11.6 Å². The lowest BCUT2D eigenvalue weighted by Crippen LogP contribution is -2.25. The molecule has 6 heteroatoms. The molecule has 2 unspecified atom stereocenters. The van der Waals surface area contributed by atoms with Crippen LogP contribution in [0.25, 0.3) is 0 Å². The summed E-state index contributed by atoms with van der Waals surface area (Å²) in [4.78, 5) is 22.1. The monoisotopic (exact) mass is 275 g/mol. The average Bonchev–Trinajstić information content (AvgIpc) is 2.44. The normalized spacial score (nSPS) is 29.9. The number of ether oxygens (including phenoxy) is 1. The topological polar surface area (TPSA) is 55.4 Å². The minimum absolute atomic E-state index is 0.0742. The lowest BCUT2D eigenvalue weighted by molar-refractivity contribution is -0.136. The van der Waals surface area contributed by atoms with Crippen molar-refractivity contribution in [3.63, 3.8) is 0 Å². The molecular formula is C9H7BrFNO3. The van der Waals surface area contributed by atoms with Gasteiger partial charge in [0.2, 0.25) is 5.78 Å². The molecule has 1 heterocycles. The van der Waals surface area contributed by atoms with Crippen molar-refractivity contribution in [2.45, 2.75) is 4.83 Å². The summed E-state index contributed by atoms with van der Waals surface area (Å²) in [5.41, 5.74) is 0.203. The first-order valence-corrected chi connectivity index (χ1v) is 5.13. The van der Waals surface area contributed by atoms with Gasteiger partial charge in [-0.3, -0.25) is 9.59 Å². The maximum Gasteiger partial charge on any atom is 0.292 e. The van der Waals surface area contributed by atoms with E-state index in [0.717, 1.165) is 0 Å². The summed E-state index contributed by atoms with van der Waals surface area (Å²) >= 11 is 3.14. The molecule has 2 rings (SSSR count). The third-order valence-electron chi connectivity index (χ3n) is 2.36. The van der Waals surface area contributed by atoms with Gasteiger partial charge in [-0.05, 0) is 6.08 Å². The number of methoxy groups -OCH3 is 1. The third-order valence-corrected chi connectivity index (χ3v) is 3.15. The number of amides is 1. The molecule has 1 aliphatic carbocycles. The highest BCUT2D eigenvalue weighted by molar-refractivity contribution is 9.09. The summed E-state index contributed by atoms with van der Waals surface area (Å²) < 4.78 is 18.2. The Labute approximate surface area is 93.3 Å². The first kappa shape index (κ1) is 10.4. The second kappa shape index (κ2) is 3.44. The van der Waals surface area contributed by atoms with E-state index in [-0.39, 0.29) is 11.5 Å². The molecule has 0 aromatic carbocycles. The molecule has 1 aliphatic heterocycles. The van der Waals surface area contributed by atoms with Gasteiger partial charge in [0.25, 0.3) is 5.91 Å². The van der Waals surface area contributed by atoms with Gasteiger partial charge in [0.1, 0.15) is 0 Å². The van der Waals surface area contributed by atoms with Crippen LogP contribution >= 0.6 is 15.9 Å². The zero-order valence-electron chi connectivity index (χ0n) is 7.71. The second-order valence-corrected chi connectivity index (χ2v) is 4.26. The van der Waals surface area contributed by atoms with Crippen molar-refractivity contribution < 1.29 is 18.7 Å². The van der Waals surface area contributed by atoms with Gasteiger partial charge in [-0.15, -0.1) is 0 Å². The van der Waals surface area contributed by atoms with E-state index >= 15 is 0 Å². The van der Waals surface area contributed by atoms with E-state index < -0.39 is 28.3 Å². The Morgan fingerprint density at radius 1 is 1.53 bits per heavy atom. The van der Waals surface area contributed by atoms with Gasteiger partial charge >= 0.3 is 0 Å². The maximum atomic E-state index is 13.4. The largest absolute Gasteiger partial charge is 0.492 e. The van der Waals surface area contributed by atoms with Crippen LogP contribution in [-0.2, 0) is 14.3 Å². The van der Waals surface area contributed by atoms with Crippen LogP contribution in [0.1, 0.15) is 0 Å². The zero-order chi connectivity index (χ0) is 11.2. The molecule has 2 aliphatic rings. The molecular weight excluding hydrogens is 269 g/mol. The van der Waals surface area contributed by atoms with E-state index in [4.69, 9.17) is 4.74 Å². The summed E-state index contributed by atoms with van der Waals surface area (Å²) in [6.45, 7) is 0. The van der Waals surface area contributed by atoms with Crippen LogP contribution in [0.15, 0.2) is 23.4 Å². The van der Waals surface area contributed by atoms with Crippen LogP contribution in [0.5, 0.6) is 0 Å². The standard InChI is InChI=1S/C9H7BrFNO3/c1-15-8-4(11)2-3(10)5-6(8)12-9(14)7(5)13/h2-3,5H,1H3,(H,12,14). The Balaban J connectivity index is 2.53. The predicted octanol–water partition coefficient (Wildman–Crippen LogP) is 0.790. The van der Waals surface area contributed by atoms with Crippen LogP contribution in [-0.4, -0.2) is 23.6 Å². The number of rotatable bonds is 1. The fourth-order valence-corrected chi connectivity index (χ4v) is 2.42. The zero-order valence-corrected chi connectivity index (χ0v) is 9.30. The second-order valence-electron chi connectivity index (χ2n) is 3.20. The van der Waals surface area contributed by atoms with E-state index in [1.165, 1.54) is 13.2 Å². The molecule has 0 radical (unpaired) electrons. The van der Waals surface area contributed by atoms with Crippen molar-refractivity contribution in [1.82, 2.24) is 5.32 Å². The number of Topliss-reactive ketones (excluding diaryl/α,β-unsaturated/α-hetero) is 1. The van der Waals surface area contributed by atoms with E-state index in [9.17, 15) is 14.0 Å². The van der Waals surface area contributed by atoms with Gasteiger partial charge in [-0.2, -0.15) is 0 Å². The molecule has 0 aromatic heterocycles. The number of carbonyl (C=O) groups is 2. The maximum absolute atomic E-state index is 13.4. The van der Waals surface area contributed by atoms with Gasteiger partial charge in [-0.1, -0.05) is 15.9 Å². The Bertz CT molecular complexity index is 416. The van der Waals surface area contributed by atoms with Crippen molar-refractivity contribution in [2.24, 2.45) is 5.92 Å². The highest BCUT2D eigenvalue weighted by Gasteiger charge is 2.45. The van der Waals surface area contributed by atoms with Crippen LogP contribution in [0.4, 0.5) is 4.39 Å². The summed E-state index contributed by atoms with van der Waals surface area (Å²) in [5.74, 6) is -2.66. The fraction of sp³-hybridized carbons (Fsp3) is 0.333. The Morgan fingerprint density at radius 2 is 2.20 bits per heavy atom. The van der Waals surface area contributed by atoms with Crippen molar-refractivity contribution in [3.05, 3.63) is 23.4 Å². The van der Waals surface area contributed by atoms with Crippen molar-refractivity contribution in [1.29, 1.82) is 0 Å². The predicted molar refractivity (Wildman–Crippen MR) is 52.6 cm³/mol. The minimum Gasteiger partial charge on any atom is -0.492 e. The third kappa shape index (κ3) is 1.40. The number of ketones is 1. The molecule has 2 atom stereocenters. The molecule has 1 fully saturated rings. The number of hydrogen-bond acceptors (Lipinski definition) is 3. The molecule has 15 heavy (non-hydrogen) atoms. The quantitative estimate of drug-likeness (QED) is 0.569. The van der Waals surface area contributed by atoms with Crippen LogP contribution in [0.3, 0.4) is 0 Å². The van der Waals surface area contributed by atoms with Crippen LogP contribution in [0, 0.1) is 5.92 Å². The molecule has 0 bridgehead atoms. The fourth-order valence-electron chi connectivity index (χ4n) is 1.68. The van der Waals surface area contributed by atoms with E-state index in [1.54, 1.807) is 0 Å². The summed E-state index contributed by atoms with van der Waals surface area (Å²) in [6, 6.07) is 0. The highest BCUT2D eigenvalue weighted by Crippen LogP contribution is 2.36. The molecule has 1 N–H and O–H groups in total. The SMILES string of the molecule is COC1=C2NC(=O)C(=O)C2C(Br)C=C1F. The number of nitrogens with one attached hydrogen (secondary N) is 1. The lowest BCUT2D eigenvalue weighted by Gasteiger charge is -2.20. The van der Waals surface area contributed by atoms with Crippen molar-refractivity contribution >= 4 is 27.6 Å². The molecule has 80 valence electrons. The number of halogens is 2. The number of fused-ring (bicyclic) bond motifs is 1. The van der Waals surface area contributed by atoms with Crippen LogP contribution in [0.2, 0.25) is 0 Å². The lowest BCUT2D eigenvalue weighted by atomic mass is 9.94. The Kier molecular flexibility index (Phi) is 2.38. The molecule has 1 saturated heterocycles. The number of carbonyl (C=O) groups excluding carboxylic acids is 2. The van der Waals surface area contributed by atoms with Crippen molar-refractivity contribution in [2.75, 3.05) is 7.11 Å². The molecule has 0 saturated carbocycles. The van der Waals surface area contributed by atoms with Crippen molar-refractivity contribution in [3.8, 4) is 0 Å². The van der Waals surface area contributed by atoms with Gasteiger partial charge in [0, 0.05) is 0 Å². The number of hydrogen-bond donors (Lipinski definition) is 1. The van der Waals surface area contributed by atoms with Gasteiger partial charge in [-0.25, -0.2) is 4.39 Å². The minimum atomic E-state index is -0.725. The molecule has 0 aromatic rings. The van der Waals surface area contributed by atoms with Gasteiger partial charge < -0.3 is 10.1 Å². The summed E-state index contributed by atoms with van der Waals surface area (Å²) in [7, 11) is 1.29. The molecule has 4 nitrogen and oxygen atoms in total. The van der Waals surface area contributed by atoms with Gasteiger partial charge in [0.05, 0.1) is 23.6 Å². The summed E-state index contributed by atoms with van der Waals surface area (Å²) in [5, 5.41) is 2.32. The van der Waals surface area contributed by atoms with E-state index in [1.807, 2.05) is 0 Å². The first-order valence-electron chi connectivity index (χ1n) is 4.21. The first-order chi connectivity index (χ1) is 7.06. The number of alkyl halides is 1. The van der Waals surface area contributed by atoms with E-state index in [2.05, 4.69) is 21.2 Å². The Morgan fingerprint density at radius 3 is 2.80 bits per heavy atom. The Hall–Kier alpha value is -1.17. The molecule has 0 spiro atoms. The number of allylic oxidation sites excluding steroid dienone is 3. The average molecular weight is 276 g/mol. The smallest absolute Gasteiger partial charge is 0.292 e. The van der Waals surface area contributed by atoms with Crippen LogP contribution < -0.4 is 5.32 Å². The summed E-state index contributed by atoms with van der Waals surface area (Å²) in [6.07, 6.45) is 1.21. The molecule has 1 amide bonds. The van der Waals surface area contributed by atoms with E-state index in [0.29, 0.717) is 0 Å². The highest BCUT2D eigenvalue weighted by atomic mass is 79.9.